The number of nitrogens with one attached hydrogen (secondary N) is 1. The molecule has 118 valence electrons. The number of aromatic nitrogens is 2. The molecule has 1 aliphatic rings. The topological polar surface area (TPSA) is 72.9 Å². The van der Waals surface area contributed by atoms with E-state index in [4.69, 9.17) is 5.73 Å². The van der Waals surface area contributed by atoms with E-state index in [1.54, 1.807) is 0 Å². The first-order valence-electron chi connectivity index (χ1n) is 8.19. The monoisotopic (exact) mass is 292 g/mol. The Labute approximate surface area is 127 Å². The van der Waals surface area contributed by atoms with E-state index in [-0.39, 0.29) is 5.91 Å². The van der Waals surface area contributed by atoms with E-state index >= 15 is 0 Å². The van der Waals surface area contributed by atoms with Crippen LogP contribution in [0.4, 0.5) is 0 Å². The first kappa shape index (κ1) is 16.0. The maximum Gasteiger partial charge on any atom is 0.238 e. The number of likely N-dealkylation sites (N-methyl/N-ethyl adjacent to an activating group) is 1. The molecule has 21 heavy (non-hydrogen) atoms. The first-order valence-corrected chi connectivity index (χ1v) is 8.19. The Balaban J connectivity index is 2.04. The Morgan fingerprint density at radius 3 is 3.05 bits per heavy atom. The van der Waals surface area contributed by atoms with Crippen LogP contribution in [0.25, 0.3) is 0 Å². The second-order valence-electron chi connectivity index (χ2n) is 6.03. The molecule has 1 fully saturated rings. The fourth-order valence-corrected chi connectivity index (χ4v) is 3.72. The number of imidazole rings is 1. The molecule has 2 atom stereocenters. The number of carbonyl (C=O) groups is 1. The van der Waals surface area contributed by atoms with E-state index in [9.17, 15) is 4.79 Å². The van der Waals surface area contributed by atoms with E-state index in [1.807, 2.05) is 19.3 Å². The molecule has 0 aliphatic heterocycles. The van der Waals surface area contributed by atoms with Crippen LogP contribution in [0.15, 0.2) is 12.4 Å². The summed E-state index contributed by atoms with van der Waals surface area (Å²) in [7, 11) is 0. The van der Waals surface area contributed by atoms with Crippen LogP contribution in [0.3, 0.4) is 0 Å². The fraction of sp³-hybridized carbons (Fsp3) is 0.750. The number of hydrogen-bond donors (Lipinski definition) is 2. The minimum absolute atomic E-state index is 0.189. The normalized spacial score (nSPS) is 25.3. The molecule has 1 heterocycles. The summed E-state index contributed by atoms with van der Waals surface area (Å²) >= 11 is 0. The minimum Gasteiger partial charge on any atom is -0.368 e. The smallest absolute Gasteiger partial charge is 0.238 e. The van der Waals surface area contributed by atoms with E-state index in [0.29, 0.717) is 5.92 Å². The Hall–Kier alpha value is -1.36. The standard InChI is InChI=1S/C16H28N4O/c1-3-6-14-18-10-12-20(14)11-8-13-7-5-9-16(13,15(17)21)19-4-2/h10,12-13,19H,3-9,11H2,1-2H3,(H2,17,21). The van der Waals surface area contributed by atoms with Gasteiger partial charge in [0.1, 0.15) is 11.4 Å². The maximum absolute atomic E-state index is 12.0. The molecule has 1 aliphatic carbocycles. The van der Waals surface area contributed by atoms with Gasteiger partial charge in [0.2, 0.25) is 5.91 Å². The molecule has 1 amide bonds. The predicted molar refractivity (Wildman–Crippen MR) is 83.8 cm³/mol. The molecule has 0 spiro atoms. The molecular formula is C16H28N4O. The molecule has 0 saturated heterocycles. The van der Waals surface area contributed by atoms with Gasteiger partial charge in [0.25, 0.3) is 0 Å². The van der Waals surface area contributed by atoms with E-state index in [0.717, 1.165) is 57.4 Å². The third-order valence-electron chi connectivity index (χ3n) is 4.75. The summed E-state index contributed by atoms with van der Waals surface area (Å²) in [5.41, 5.74) is 5.22. The molecule has 1 saturated carbocycles. The number of carbonyl (C=O) groups excluding carboxylic acids is 1. The van der Waals surface area contributed by atoms with Gasteiger partial charge in [-0.2, -0.15) is 0 Å². The average Bonchev–Trinajstić information content (AvgIpc) is 3.05. The van der Waals surface area contributed by atoms with E-state index in [2.05, 4.69) is 21.8 Å². The highest BCUT2D eigenvalue weighted by atomic mass is 16.1. The van der Waals surface area contributed by atoms with E-state index < -0.39 is 5.54 Å². The van der Waals surface area contributed by atoms with Gasteiger partial charge in [-0.15, -0.1) is 0 Å². The van der Waals surface area contributed by atoms with Gasteiger partial charge in [-0.3, -0.25) is 4.79 Å². The van der Waals surface area contributed by atoms with Crippen LogP contribution < -0.4 is 11.1 Å². The number of primary amides is 1. The van der Waals surface area contributed by atoms with Crippen molar-refractivity contribution in [1.29, 1.82) is 0 Å². The molecule has 1 aromatic rings. The Morgan fingerprint density at radius 1 is 1.57 bits per heavy atom. The zero-order chi connectivity index (χ0) is 15.3. The van der Waals surface area contributed by atoms with Crippen molar-refractivity contribution in [3.8, 4) is 0 Å². The molecule has 5 heteroatoms. The van der Waals surface area contributed by atoms with Crippen molar-refractivity contribution in [3.63, 3.8) is 0 Å². The van der Waals surface area contributed by atoms with Crippen molar-refractivity contribution in [1.82, 2.24) is 14.9 Å². The highest BCUT2D eigenvalue weighted by Gasteiger charge is 2.46. The van der Waals surface area contributed by atoms with E-state index in [1.165, 1.54) is 0 Å². The van der Waals surface area contributed by atoms with Gasteiger partial charge in [0.05, 0.1) is 0 Å². The van der Waals surface area contributed by atoms with Gasteiger partial charge in [0, 0.05) is 25.4 Å². The molecule has 0 radical (unpaired) electrons. The second-order valence-corrected chi connectivity index (χ2v) is 6.03. The lowest BCUT2D eigenvalue weighted by Gasteiger charge is -2.33. The van der Waals surface area contributed by atoms with Crippen LogP contribution in [-0.4, -0.2) is 27.5 Å². The van der Waals surface area contributed by atoms with Crippen LogP contribution in [0.1, 0.15) is 51.8 Å². The van der Waals surface area contributed by atoms with Gasteiger partial charge < -0.3 is 15.6 Å². The second kappa shape index (κ2) is 7.07. The van der Waals surface area contributed by atoms with Crippen LogP contribution in [0, 0.1) is 5.92 Å². The number of nitrogens with two attached hydrogens (primary N) is 1. The van der Waals surface area contributed by atoms with Crippen molar-refractivity contribution >= 4 is 5.91 Å². The van der Waals surface area contributed by atoms with Gasteiger partial charge in [0.15, 0.2) is 0 Å². The summed E-state index contributed by atoms with van der Waals surface area (Å²) in [4.78, 5) is 16.4. The maximum atomic E-state index is 12.0. The van der Waals surface area contributed by atoms with Gasteiger partial charge in [-0.05, 0) is 38.1 Å². The molecule has 2 rings (SSSR count). The summed E-state index contributed by atoms with van der Waals surface area (Å²) in [5.74, 6) is 1.28. The van der Waals surface area contributed by atoms with Crippen molar-refractivity contribution < 1.29 is 4.79 Å². The van der Waals surface area contributed by atoms with Crippen molar-refractivity contribution in [2.24, 2.45) is 11.7 Å². The van der Waals surface area contributed by atoms with Crippen molar-refractivity contribution in [2.45, 2.75) is 64.5 Å². The number of nitrogens with zero attached hydrogens (tertiary/aromatic N) is 2. The summed E-state index contributed by atoms with van der Waals surface area (Å²) < 4.78 is 2.22. The van der Waals surface area contributed by atoms with Crippen LogP contribution in [-0.2, 0) is 17.8 Å². The molecular weight excluding hydrogens is 264 g/mol. The summed E-state index contributed by atoms with van der Waals surface area (Å²) in [5, 5.41) is 3.38. The van der Waals surface area contributed by atoms with Gasteiger partial charge in [-0.1, -0.05) is 20.3 Å². The molecule has 1 aromatic heterocycles. The lowest BCUT2D eigenvalue weighted by atomic mass is 9.83. The third kappa shape index (κ3) is 3.28. The Morgan fingerprint density at radius 2 is 2.38 bits per heavy atom. The average molecular weight is 292 g/mol. The lowest BCUT2D eigenvalue weighted by molar-refractivity contribution is -0.126. The zero-order valence-electron chi connectivity index (χ0n) is 13.3. The summed E-state index contributed by atoms with van der Waals surface area (Å²) in [6.45, 7) is 5.90. The van der Waals surface area contributed by atoms with Crippen LogP contribution in [0.5, 0.6) is 0 Å². The minimum atomic E-state index is -0.500. The summed E-state index contributed by atoms with van der Waals surface area (Å²) in [6.07, 6.45) is 10.0. The fourth-order valence-electron chi connectivity index (χ4n) is 3.72. The summed E-state index contributed by atoms with van der Waals surface area (Å²) in [6, 6.07) is 0. The van der Waals surface area contributed by atoms with Gasteiger partial charge in [-0.25, -0.2) is 4.98 Å². The van der Waals surface area contributed by atoms with Crippen molar-refractivity contribution in [3.05, 3.63) is 18.2 Å². The quantitative estimate of drug-likeness (QED) is 0.768. The first-order chi connectivity index (χ1) is 10.1. The largest absolute Gasteiger partial charge is 0.368 e. The Kier molecular flexibility index (Phi) is 5.39. The van der Waals surface area contributed by atoms with Crippen LogP contribution >= 0.6 is 0 Å². The highest BCUT2D eigenvalue weighted by Crippen LogP contribution is 2.38. The Bertz CT molecular complexity index is 471. The van der Waals surface area contributed by atoms with Gasteiger partial charge >= 0.3 is 0 Å². The SMILES string of the molecule is CCCc1nccn1CCC1CCCC1(NCC)C(N)=O. The molecule has 2 unspecified atom stereocenters. The van der Waals surface area contributed by atoms with Crippen molar-refractivity contribution in [2.75, 3.05) is 6.54 Å². The molecule has 0 aromatic carbocycles. The number of amides is 1. The number of hydrogen-bond acceptors (Lipinski definition) is 3. The highest BCUT2D eigenvalue weighted by molar-refractivity contribution is 5.85. The lowest BCUT2D eigenvalue weighted by Crippen LogP contribution is -2.58. The number of aryl methyl sites for hydroxylation is 2. The zero-order valence-corrected chi connectivity index (χ0v) is 13.3. The molecule has 0 bridgehead atoms. The molecule has 3 N–H and O–H groups in total. The molecule has 5 nitrogen and oxygen atoms in total. The third-order valence-corrected chi connectivity index (χ3v) is 4.75. The predicted octanol–water partition coefficient (Wildman–Crippen LogP) is 1.86. The van der Waals surface area contributed by atoms with Crippen LogP contribution in [0.2, 0.25) is 0 Å². The number of rotatable bonds is 8.